The zero-order valence-corrected chi connectivity index (χ0v) is 21.7. The lowest BCUT2D eigenvalue weighted by molar-refractivity contribution is -0.132. The van der Waals surface area contributed by atoms with Crippen molar-refractivity contribution in [3.63, 3.8) is 0 Å². The summed E-state index contributed by atoms with van der Waals surface area (Å²) in [5.74, 6) is 2.82. The molecule has 38 heavy (non-hydrogen) atoms. The fourth-order valence-electron chi connectivity index (χ4n) is 6.13. The number of carbonyl (C=O) groups is 1. The van der Waals surface area contributed by atoms with Crippen LogP contribution >= 0.6 is 0 Å². The van der Waals surface area contributed by atoms with Crippen LogP contribution in [0.25, 0.3) is 22.2 Å². The van der Waals surface area contributed by atoms with Gasteiger partial charge in [0.15, 0.2) is 5.78 Å². The standard InChI is InChI=1S/C30H34N4O4/c1-19(21-2-6-27(35)28(36)14-21)20-9-12-34(13-10-20)17-23-18-37-29-15-24(4-5-25(23)29)38-30-7-3-22(16-31-30)26-8-11-32-33-26/h3-5,7-8,11,15-16,18-21,27,35H,2,6,9-10,12-14,17H2,1H3,(H,32,33). The van der Waals surface area contributed by atoms with E-state index >= 15 is 0 Å². The molecule has 0 bridgehead atoms. The van der Waals surface area contributed by atoms with Gasteiger partial charge in [0.05, 0.1) is 12.0 Å². The first-order valence-electron chi connectivity index (χ1n) is 13.6. The minimum absolute atomic E-state index is 0.0328. The molecule has 1 aliphatic carbocycles. The largest absolute Gasteiger partial charge is 0.464 e. The molecule has 198 valence electrons. The number of hydrogen-bond donors (Lipinski definition) is 2. The number of carbonyl (C=O) groups excluding carboxylic acids is 1. The van der Waals surface area contributed by atoms with Crippen molar-refractivity contribution in [2.45, 2.75) is 51.7 Å². The first-order valence-corrected chi connectivity index (χ1v) is 13.6. The summed E-state index contributed by atoms with van der Waals surface area (Å²) in [6.07, 6.45) is 9.03. The normalized spacial score (nSPS) is 22.1. The maximum absolute atomic E-state index is 12.0. The van der Waals surface area contributed by atoms with Crippen molar-refractivity contribution in [1.82, 2.24) is 20.1 Å². The SMILES string of the molecule is CC(C1CCN(Cc2coc3cc(Oc4ccc(-c5ccn[nH]5)cn4)ccc23)CC1)C1CCC(O)C(=O)C1. The van der Waals surface area contributed by atoms with Crippen LogP contribution in [-0.4, -0.2) is 50.2 Å². The third kappa shape index (κ3) is 5.24. The molecule has 6 rings (SSSR count). The van der Waals surface area contributed by atoms with Gasteiger partial charge in [-0.3, -0.25) is 14.8 Å². The van der Waals surface area contributed by atoms with E-state index in [4.69, 9.17) is 9.15 Å². The van der Waals surface area contributed by atoms with Gasteiger partial charge in [-0.2, -0.15) is 5.10 Å². The maximum atomic E-state index is 12.0. The van der Waals surface area contributed by atoms with Crippen LogP contribution < -0.4 is 4.74 Å². The molecule has 2 fully saturated rings. The van der Waals surface area contributed by atoms with Crippen LogP contribution in [0, 0.1) is 17.8 Å². The number of aliphatic hydroxyl groups is 1. The van der Waals surface area contributed by atoms with E-state index in [-0.39, 0.29) is 5.78 Å². The lowest BCUT2D eigenvalue weighted by Gasteiger charge is -2.39. The summed E-state index contributed by atoms with van der Waals surface area (Å²) in [5, 5.41) is 17.8. The van der Waals surface area contributed by atoms with Crippen LogP contribution in [0.1, 0.15) is 44.6 Å². The molecule has 3 aromatic heterocycles. The van der Waals surface area contributed by atoms with Crippen LogP contribution in [0.5, 0.6) is 11.6 Å². The summed E-state index contributed by atoms with van der Waals surface area (Å²) in [6.45, 7) is 5.26. The Balaban J connectivity index is 1.04. The molecule has 8 heteroatoms. The number of furan rings is 1. The van der Waals surface area contributed by atoms with Crippen molar-refractivity contribution in [2.24, 2.45) is 17.8 Å². The van der Waals surface area contributed by atoms with Crippen LogP contribution in [0.15, 0.2) is 59.5 Å². The number of likely N-dealkylation sites (tertiary alicyclic amines) is 1. The summed E-state index contributed by atoms with van der Waals surface area (Å²) in [4.78, 5) is 18.9. The average molecular weight is 515 g/mol. The number of benzene rings is 1. The van der Waals surface area contributed by atoms with Gasteiger partial charge in [-0.15, -0.1) is 0 Å². The van der Waals surface area contributed by atoms with Crippen molar-refractivity contribution >= 4 is 16.8 Å². The molecule has 1 saturated carbocycles. The van der Waals surface area contributed by atoms with Crippen molar-refractivity contribution in [2.75, 3.05) is 13.1 Å². The molecule has 8 nitrogen and oxygen atoms in total. The van der Waals surface area contributed by atoms with Crippen molar-refractivity contribution in [1.29, 1.82) is 0 Å². The van der Waals surface area contributed by atoms with Gasteiger partial charge >= 0.3 is 0 Å². The van der Waals surface area contributed by atoms with Crippen LogP contribution in [0.3, 0.4) is 0 Å². The van der Waals surface area contributed by atoms with E-state index in [1.807, 2.05) is 36.6 Å². The van der Waals surface area contributed by atoms with Gasteiger partial charge in [0.25, 0.3) is 0 Å². The first-order chi connectivity index (χ1) is 18.5. The van der Waals surface area contributed by atoms with E-state index in [1.165, 1.54) is 5.56 Å². The fourth-order valence-corrected chi connectivity index (χ4v) is 6.13. The number of piperidine rings is 1. The number of H-pyrrole nitrogens is 1. The second-order valence-electron chi connectivity index (χ2n) is 10.9. The number of aliphatic hydroxyl groups excluding tert-OH is 1. The van der Waals surface area contributed by atoms with Gasteiger partial charge in [-0.05, 0) is 80.8 Å². The van der Waals surface area contributed by atoms with Crippen LogP contribution in [-0.2, 0) is 11.3 Å². The predicted octanol–water partition coefficient (Wildman–Crippen LogP) is 5.59. The summed E-state index contributed by atoms with van der Waals surface area (Å²) in [6, 6.07) is 11.6. The van der Waals surface area contributed by atoms with E-state index in [1.54, 1.807) is 12.4 Å². The van der Waals surface area contributed by atoms with Crippen molar-refractivity contribution in [3.05, 3.63) is 60.6 Å². The molecule has 2 N–H and O–H groups in total. The Hall–Kier alpha value is -3.49. The lowest BCUT2D eigenvalue weighted by atomic mass is 9.71. The summed E-state index contributed by atoms with van der Waals surface area (Å²) in [7, 11) is 0. The zero-order valence-electron chi connectivity index (χ0n) is 21.7. The quantitative estimate of drug-likeness (QED) is 0.331. The second kappa shape index (κ2) is 10.7. The van der Waals surface area contributed by atoms with Gasteiger partial charge < -0.3 is 14.3 Å². The predicted molar refractivity (Wildman–Crippen MR) is 144 cm³/mol. The molecular weight excluding hydrogens is 480 g/mol. The molecule has 2 aliphatic rings. The zero-order chi connectivity index (χ0) is 26.1. The second-order valence-corrected chi connectivity index (χ2v) is 10.9. The third-order valence-corrected chi connectivity index (χ3v) is 8.56. The molecular formula is C30H34N4O4. The lowest BCUT2D eigenvalue weighted by Crippen LogP contribution is -2.39. The Labute approximate surface area is 222 Å². The summed E-state index contributed by atoms with van der Waals surface area (Å²) < 4.78 is 11.9. The number of Topliss-reactive ketones (excluding diaryl/α,β-unsaturated/α-hetero) is 1. The highest BCUT2D eigenvalue weighted by Gasteiger charge is 2.34. The molecule has 1 saturated heterocycles. The molecule has 0 radical (unpaired) electrons. The van der Waals surface area contributed by atoms with Gasteiger partial charge in [0.2, 0.25) is 5.88 Å². The topological polar surface area (TPSA) is 104 Å². The highest BCUT2D eigenvalue weighted by atomic mass is 16.5. The Morgan fingerprint density at radius 3 is 2.74 bits per heavy atom. The number of nitrogens with zero attached hydrogens (tertiary/aromatic N) is 3. The number of aromatic amines is 1. The van der Waals surface area contributed by atoms with Gasteiger partial charge in [-0.25, -0.2) is 4.98 Å². The maximum Gasteiger partial charge on any atom is 0.219 e. The summed E-state index contributed by atoms with van der Waals surface area (Å²) >= 11 is 0. The van der Waals surface area contributed by atoms with E-state index < -0.39 is 6.10 Å². The van der Waals surface area contributed by atoms with Gasteiger partial charge in [0, 0.05) is 54.0 Å². The van der Waals surface area contributed by atoms with E-state index in [0.29, 0.717) is 42.2 Å². The molecule has 0 spiro atoms. The summed E-state index contributed by atoms with van der Waals surface area (Å²) in [5.41, 5.74) is 3.85. The Morgan fingerprint density at radius 1 is 1.13 bits per heavy atom. The number of hydrogen-bond acceptors (Lipinski definition) is 7. The molecule has 1 aliphatic heterocycles. The minimum atomic E-state index is -0.732. The van der Waals surface area contributed by atoms with E-state index in [9.17, 15) is 9.90 Å². The number of fused-ring (bicyclic) bond motifs is 1. The number of ether oxygens (including phenoxy) is 1. The van der Waals surface area contributed by atoms with Crippen molar-refractivity contribution < 1.29 is 19.1 Å². The monoisotopic (exact) mass is 514 g/mol. The van der Waals surface area contributed by atoms with Gasteiger partial charge in [0.1, 0.15) is 17.4 Å². The fraction of sp³-hybridized carbons (Fsp3) is 0.433. The van der Waals surface area contributed by atoms with Gasteiger partial charge in [-0.1, -0.05) is 6.92 Å². The molecule has 0 amide bonds. The Morgan fingerprint density at radius 2 is 2.00 bits per heavy atom. The smallest absolute Gasteiger partial charge is 0.219 e. The molecule has 3 unspecified atom stereocenters. The van der Waals surface area contributed by atoms with E-state index in [0.717, 1.165) is 61.1 Å². The highest BCUT2D eigenvalue weighted by molar-refractivity contribution is 5.84. The molecule has 3 atom stereocenters. The number of rotatable bonds is 7. The Bertz CT molecular complexity index is 1370. The number of nitrogens with one attached hydrogen (secondary N) is 1. The van der Waals surface area contributed by atoms with E-state index in [2.05, 4.69) is 33.1 Å². The number of aromatic nitrogens is 3. The highest BCUT2D eigenvalue weighted by Crippen LogP contribution is 2.37. The third-order valence-electron chi connectivity index (χ3n) is 8.56. The van der Waals surface area contributed by atoms with Crippen LogP contribution in [0.2, 0.25) is 0 Å². The molecule has 4 heterocycles. The average Bonchev–Trinajstić information content (AvgIpc) is 3.61. The number of pyridine rings is 1. The number of ketones is 1. The molecule has 1 aromatic carbocycles. The minimum Gasteiger partial charge on any atom is -0.464 e. The molecule has 4 aromatic rings. The van der Waals surface area contributed by atoms with Crippen molar-refractivity contribution in [3.8, 4) is 22.9 Å². The Kier molecular flexibility index (Phi) is 7.00. The first kappa shape index (κ1) is 24.8. The van der Waals surface area contributed by atoms with Crippen LogP contribution in [0.4, 0.5) is 0 Å².